The standard InChI is InChI=1S/C15H21N3O2/c1-12-6-3-4-7-13(12)16-10-9-15-17-14(18-20-15)8-5-11-19-2/h3-4,6-7,16H,5,8-11H2,1-2H3. The highest BCUT2D eigenvalue weighted by Gasteiger charge is 2.06. The number of aromatic nitrogens is 2. The third-order valence-corrected chi connectivity index (χ3v) is 3.06. The summed E-state index contributed by atoms with van der Waals surface area (Å²) in [6.45, 7) is 3.59. The molecule has 1 aromatic heterocycles. The number of nitrogens with one attached hydrogen (secondary N) is 1. The number of benzene rings is 1. The maximum absolute atomic E-state index is 5.22. The van der Waals surface area contributed by atoms with Crippen molar-refractivity contribution in [1.82, 2.24) is 10.1 Å². The predicted octanol–water partition coefficient (Wildman–Crippen LogP) is 2.61. The molecular formula is C15H21N3O2. The Balaban J connectivity index is 1.75. The Morgan fingerprint density at radius 1 is 1.25 bits per heavy atom. The summed E-state index contributed by atoms with van der Waals surface area (Å²) >= 11 is 0. The molecule has 0 radical (unpaired) electrons. The molecule has 108 valence electrons. The van der Waals surface area contributed by atoms with Crippen molar-refractivity contribution in [2.45, 2.75) is 26.2 Å². The molecule has 1 N–H and O–H groups in total. The molecular weight excluding hydrogens is 254 g/mol. The van der Waals surface area contributed by atoms with Gasteiger partial charge in [-0.05, 0) is 25.0 Å². The van der Waals surface area contributed by atoms with Gasteiger partial charge in [-0.3, -0.25) is 0 Å². The summed E-state index contributed by atoms with van der Waals surface area (Å²) < 4.78 is 10.2. The largest absolute Gasteiger partial charge is 0.385 e. The molecule has 0 atom stereocenters. The van der Waals surface area contributed by atoms with Gasteiger partial charge in [0.15, 0.2) is 5.82 Å². The first kappa shape index (κ1) is 14.5. The van der Waals surface area contributed by atoms with Gasteiger partial charge in [-0.15, -0.1) is 0 Å². The highest BCUT2D eigenvalue weighted by Crippen LogP contribution is 2.13. The lowest BCUT2D eigenvalue weighted by molar-refractivity contribution is 0.194. The van der Waals surface area contributed by atoms with E-state index >= 15 is 0 Å². The highest BCUT2D eigenvalue weighted by atomic mass is 16.5. The highest BCUT2D eigenvalue weighted by molar-refractivity contribution is 5.50. The van der Waals surface area contributed by atoms with Crippen LogP contribution in [0.4, 0.5) is 5.69 Å². The second kappa shape index (κ2) is 7.65. The second-order valence-electron chi connectivity index (χ2n) is 4.69. The molecule has 0 fully saturated rings. The van der Waals surface area contributed by atoms with E-state index in [4.69, 9.17) is 9.26 Å². The number of para-hydroxylation sites is 1. The van der Waals surface area contributed by atoms with Crippen LogP contribution < -0.4 is 5.32 Å². The SMILES string of the molecule is COCCCc1noc(CCNc2ccccc2C)n1. The van der Waals surface area contributed by atoms with Crippen molar-refractivity contribution in [1.29, 1.82) is 0 Å². The maximum Gasteiger partial charge on any atom is 0.228 e. The van der Waals surface area contributed by atoms with Crippen molar-refractivity contribution in [3.8, 4) is 0 Å². The molecule has 0 aliphatic heterocycles. The average Bonchev–Trinajstić information content (AvgIpc) is 2.89. The van der Waals surface area contributed by atoms with Gasteiger partial charge in [0.2, 0.25) is 5.89 Å². The Morgan fingerprint density at radius 2 is 2.10 bits per heavy atom. The van der Waals surface area contributed by atoms with Crippen molar-refractivity contribution in [2.24, 2.45) is 0 Å². The summed E-state index contributed by atoms with van der Waals surface area (Å²) in [4.78, 5) is 4.36. The number of hydrogen-bond acceptors (Lipinski definition) is 5. The van der Waals surface area contributed by atoms with E-state index < -0.39 is 0 Å². The van der Waals surface area contributed by atoms with Gasteiger partial charge in [-0.2, -0.15) is 4.98 Å². The zero-order chi connectivity index (χ0) is 14.2. The lowest BCUT2D eigenvalue weighted by Crippen LogP contribution is -2.06. The molecule has 2 rings (SSSR count). The van der Waals surface area contributed by atoms with Crippen LogP contribution >= 0.6 is 0 Å². The van der Waals surface area contributed by atoms with E-state index in [9.17, 15) is 0 Å². The number of nitrogens with zero attached hydrogens (tertiary/aromatic N) is 2. The van der Waals surface area contributed by atoms with E-state index in [1.54, 1.807) is 7.11 Å². The van der Waals surface area contributed by atoms with Crippen molar-refractivity contribution in [3.63, 3.8) is 0 Å². The van der Waals surface area contributed by atoms with Gasteiger partial charge in [0.25, 0.3) is 0 Å². The maximum atomic E-state index is 5.22. The minimum Gasteiger partial charge on any atom is -0.385 e. The van der Waals surface area contributed by atoms with Crippen molar-refractivity contribution >= 4 is 5.69 Å². The van der Waals surface area contributed by atoms with E-state index in [1.807, 2.05) is 12.1 Å². The Labute approximate surface area is 119 Å². The zero-order valence-corrected chi connectivity index (χ0v) is 12.1. The molecule has 20 heavy (non-hydrogen) atoms. The topological polar surface area (TPSA) is 60.2 Å². The molecule has 0 saturated carbocycles. The van der Waals surface area contributed by atoms with E-state index in [0.717, 1.165) is 43.9 Å². The Bertz CT molecular complexity index is 525. The minimum atomic E-state index is 0.679. The second-order valence-corrected chi connectivity index (χ2v) is 4.69. The van der Waals surface area contributed by atoms with Crippen LogP contribution in [0.15, 0.2) is 28.8 Å². The van der Waals surface area contributed by atoms with Gasteiger partial charge >= 0.3 is 0 Å². The minimum absolute atomic E-state index is 0.679. The molecule has 0 unspecified atom stereocenters. The fourth-order valence-corrected chi connectivity index (χ4v) is 1.94. The average molecular weight is 275 g/mol. The molecule has 5 heteroatoms. The first-order valence-electron chi connectivity index (χ1n) is 6.89. The first-order chi connectivity index (χ1) is 9.79. The summed E-state index contributed by atoms with van der Waals surface area (Å²) in [6.07, 6.45) is 2.44. The van der Waals surface area contributed by atoms with Crippen LogP contribution in [0.3, 0.4) is 0 Å². The number of hydrogen-bond donors (Lipinski definition) is 1. The lowest BCUT2D eigenvalue weighted by Gasteiger charge is -2.07. The van der Waals surface area contributed by atoms with Crippen LogP contribution in [0.5, 0.6) is 0 Å². The molecule has 5 nitrogen and oxygen atoms in total. The van der Waals surface area contributed by atoms with E-state index in [0.29, 0.717) is 5.89 Å². The molecule has 1 heterocycles. The fourth-order valence-electron chi connectivity index (χ4n) is 1.94. The van der Waals surface area contributed by atoms with Crippen molar-refractivity contribution < 1.29 is 9.26 Å². The summed E-state index contributed by atoms with van der Waals surface area (Å²) in [6, 6.07) is 8.21. The third-order valence-electron chi connectivity index (χ3n) is 3.06. The van der Waals surface area contributed by atoms with Crippen LogP contribution in [0.1, 0.15) is 23.7 Å². The van der Waals surface area contributed by atoms with Gasteiger partial charge in [-0.1, -0.05) is 23.4 Å². The zero-order valence-electron chi connectivity index (χ0n) is 12.1. The van der Waals surface area contributed by atoms with Gasteiger partial charge < -0.3 is 14.6 Å². The summed E-state index contributed by atoms with van der Waals surface area (Å²) in [7, 11) is 1.69. The van der Waals surface area contributed by atoms with E-state index in [2.05, 4.69) is 34.5 Å². The number of anilines is 1. The molecule has 0 aliphatic carbocycles. The number of aryl methyl sites for hydroxylation is 2. The summed E-state index contributed by atoms with van der Waals surface area (Å²) in [5, 5.41) is 7.34. The fraction of sp³-hybridized carbons (Fsp3) is 0.467. The Morgan fingerprint density at radius 3 is 2.90 bits per heavy atom. The Kier molecular flexibility index (Phi) is 5.55. The molecule has 0 aliphatic rings. The smallest absolute Gasteiger partial charge is 0.228 e. The quantitative estimate of drug-likeness (QED) is 0.750. The van der Waals surface area contributed by atoms with E-state index in [-0.39, 0.29) is 0 Å². The van der Waals surface area contributed by atoms with Crippen molar-refractivity contribution in [3.05, 3.63) is 41.5 Å². The summed E-state index contributed by atoms with van der Waals surface area (Å²) in [5.41, 5.74) is 2.38. The van der Waals surface area contributed by atoms with Crippen LogP contribution in [0.2, 0.25) is 0 Å². The van der Waals surface area contributed by atoms with Gasteiger partial charge in [0.05, 0.1) is 0 Å². The van der Waals surface area contributed by atoms with E-state index in [1.165, 1.54) is 5.56 Å². The van der Waals surface area contributed by atoms with Crippen LogP contribution in [-0.4, -0.2) is 30.4 Å². The number of ether oxygens (including phenoxy) is 1. The molecule has 0 bridgehead atoms. The normalized spacial score (nSPS) is 10.7. The molecule has 2 aromatic rings. The monoisotopic (exact) mass is 275 g/mol. The van der Waals surface area contributed by atoms with Crippen molar-refractivity contribution in [2.75, 3.05) is 25.6 Å². The predicted molar refractivity (Wildman–Crippen MR) is 77.9 cm³/mol. The molecule has 1 aromatic carbocycles. The van der Waals surface area contributed by atoms with Gasteiger partial charge in [0, 0.05) is 38.8 Å². The number of methoxy groups -OCH3 is 1. The summed E-state index contributed by atoms with van der Waals surface area (Å²) in [5.74, 6) is 1.44. The van der Waals surface area contributed by atoms with Crippen LogP contribution in [-0.2, 0) is 17.6 Å². The molecule has 0 saturated heterocycles. The molecule has 0 amide bonds. The van der Waals surface area contributed by atoms with Crippen LogP contribution in [0, 0.1) is 6.92 Å². The first-order valence-corrected chi connectivity index (χ1v) is 6.89. The van der Waals surface area contributed by atoms with Gasteiger partial charge in [-0.25, -0.2) is 0 Å². The Hall–Kier alpha value is -1.88. The lowest BCUT2D eigenvalue weighted by atomic mass is 10.2. The van der Waals surface area contributed by atoms with Crippen LogP contribution in [0.25, 0.3) is 0 Å². The molecule has 0 spiro atoms. The number of rotatable bonds is 8. The third kappa shape index (κ3) is 4.35. The van der Waals surface area contributed by atoms with Gasteiger partial charge in [0.1, 0.15) is 0 Å².